The van der Waals surface area contributed by atoms with Crippen LogP contribution in [0.5, 0.6) is 5.75 Å². The molecule has 0 bridgehead atoms. The highest BCUT2D eigenvalue weighted by Gasteiger charge is 2.25. The molecule has 27 heavy (non-hydrogen) atoms. The summed E-state index contributed by atoms with van der Waals surface area (Å²) in [5, 5.41) is 6.42. The quantitative estimate of drug-likeness (QED) is 0.629. The molecule has 0 radical (unpaired) electrons. The summed E-state index contributed by atoms with van der Waals surface area (Å²) in [5.74, 6) is 0.669. The monoisotopic (exact) mass is 395 g/mol. The Morgan fingerprint density at radius 2 is 2.00 bits per heavy atom. The van der Waals surface area contributed by atoms with Gasteiger partial charge in [-0.05, 0) is 50.6 Å². The molecule has 6 nitrogen and oxygen atoms in total. The number of rotatable bonds is 9. The van der Waals surface area contributed by atoms with Gasteiger partial charge in [-0.1, -0.05) is 31.4 Å². The van der Waals surface area contributed by atoms with E-state index in [1.807, 2.05) is 0 Å². The van der Waals surface area contributed by atoms with Crippen molar-refractivity contribution in [3.8, 4) is 5.75 Å². The Bertz CT molecular complexity index is 631. The molecule has 1 aliphatic heterocycles. The molecule has 1 aliphatic rings. The second-order valence-electron chi connectivity index (χ2n) is 6.94. The summed E-state index contributed by atoms with van der Waals surface area (Å²) < 4.78 is 5.25. The molecule has 0 aromatic heterocycles. The highest BCUT2D eigenvalue weighted by Crippen LogP contribution is 2.27. The normalized spacial score (nSPS) is 15.4. The predicted molar refractivity (Wildman–Crippen MR) is 108 cm³/mol. The second kappa shape index (κ2) is 11.1. The molecule has 1 fully saturated rings. The van der Waals surface area contributed by atoms with Gasteiger partial charge in [0.05, 0.1) is 19.3 Å². The topological polar surface area (TPSA) is 70.7 Å². The summed E-state index contributed by atoms with van der Waals surface area (Å²) in [4.78, 5) is 26.6. The lowest BCUT2D eigenvalue weighted by Crippen LogP contribution is -2.43. The van der Waals surface area contributed by atoms with Crippen LogP contribution in [0.25, 0.3) is 0 Å². The van der Waals surface area contributed by atoms with E-state index in [1.165, 1.54) is 0 Å². The van der Waals surface area contributed by atoms with E-state index in [9.17, 15) is 9.59 Å². The summed E-state index contributed by atoms with van der Waals surface area (Å²) in [6, 6.07) is 5.12. The van der Waals surface area contributed by atoms with Crippen molar-refractivity contribution in [2.75, 3.05) is 38.6 Å². The molecule has 0 unspecified atom stereocenters. The minimum Gasteiger partial charge on any atom is -0.495 e. The van der Waals surface area contributed by atoms with Crippen LogP contribution in [-0.4, -0.2) is 50.0 Å². The van der Waals surface area contributed by atoms with Gasteiger partial charge in [-0.2, -0.15) is 0 Å². The number of hydrogen-bond donors (Lipinski definition) is 2. The first-order valence-corrected chi connectivity index (χ1v) is 10.0. The Hall–Kier alpha value is -1.79. The van der Waals surface area contributed by atoms with E-state index < -0.39 is 0 Å². The van der Waals surface area contributed by atoms with Crippen LogP contribution in [0, 0.1) is 5.92 Å². The van der Waals surface area contributed by atoms with Crippen LogP contribution in [0.15, 0.2) is 18.2 Å². The molecule has 0 aliphatic carbocycles. The van der Waals surface area contributed by atoms with Crippen LogP contribution < -0.4 is 15.4 Å². The molecule has 2 N–H and O–H groups in total. The van der Waals surface area contributed by atoms with Crippen molar-refractivity contribution < 1.29 is 14.3 Å². The third-order valence-corrected chi connectivity index (χ3v) is 5.08. The Morgan fingerprint density at radius 1 is 1.26 bits per heavy atom. The summed E-state index contributed by atoms with van der Waals surface area (Å²) in [6.45, 7) is 4.69. The fourth-order valence-corrected chi connectivity index (χ4v) is 3.43. The zero-order valence-corrected chi connectivity index (χ0v) is 17.0. The number of piperidine rings is 1. The molecule has 1 heterocycles. The molecule has 7 heteroatoms. The molecule has 0 spiro atoms. The molecule has 0 saturated carbocycles. The second-order valence-corrected chi connectivity index (χ2v) is 7.38. The number of nitrogens with zero attached hydrogens (tertiary/aromatic N) is 1. The van der Waals surface area contributed by atoms with E-state index in [-0.39, 0.29) is 17.7 Å². The lowest BCUT2D eigenvalue weighted by molar-refractivity contribution is -0.126. The molecular formula is C20H30ClN3O3. The number of methoxy groups -OCH3 is 1. The van der Waals surface area contributed by atoms with Crippen LogP contribution in [0.3, 0.4) is 0 Å². The maximum Gasteiger partial charge on any atom is 0.238 e. The van der Waals surface area contributed by atoms with Gasteiger partial charge in [-0.15, -0.1) is 0 Å². The van der Waals surface area contributed by atoms with Gasteiger partial charge in [0.2, 0.25) is 11.8 Å². The molecule has 0 atom stereocenters. The third kappa shape index (κ3) is 7.03. The van der Waals surface area contributed by atoms with E-state index >= 15 is 0 Å². The lowest BCUT2D eigenvalue weighted by Gasteiger charge is -2.30. The summed E-state index contributed by atoms with van der Waals surface area (Å²) in [7, 11) is 1.55. The number of likely N-dealkylation sites (tertiary alicyclic amines) is 1. The van der Waals surface area contributed by atoms with Crippen molar-refractivity contribution >= 4 is 29.1 Å². The minimum atomic E-state index is -0.113. The fourth-order valence-electron chi connectivity index (χ4n) is 3.25. The summed E-state index contributed by atoms with van der Waals surface area (Å²) in [5.41, 5.74) is 0.566. The predicted octanol–water partition coefficient (Wildman–Crippen LogP) is 3.31. The molecule has 2 amide bonds. The summed E-state index contributed by atoms with van der Waals surface area (Å²) >= 11 is 5.99. The van der Waals surface area contributed by atoms with E-state index in [0.717, 1.165) is 51.7 Å². The summed E-state index contributed by atoms with van der Waals surface area (Å²) in [6.07, 6.45) is 4.90. The van der Waals surface area contributed by atoms with Gasteiger partial charge in [0.1, 0.15) is 5.75 Å². The average Bonchev–Trinajstić information content (AvgIpc) is 2.66. The van der Waals surface area contributed by atoms with Gasteiger partial charge in [0, 0.05) is 17.5 Å². The van der Waals surface area contributed by atoms with Crippen LogP contribution in [0.4, 0.5) is 5.69 Å². The van der Waals surface area contributed by atoms with Gasteiger partial charge in [0.15, 0.2) is 0 Å². The SMILES string of the molecule is CCCCCNC(=O)C1CCN(CC(=O)Nc2cc(Cl)ccc2OC)CC1. The van der Waals surface area contributed by atoms with E-state index in [1.54, 1.807) is 25.3 Å². The van der Waals surface area contributed by atoms with Crippen molar-refractivity contribution in [3.05, 3.63) is 23.2 Å². The van der Waals surface area contributed by atoms with Gasteiger partial charge in [-0.3, -0.25) is 14.5 Å². The van der Waals surface area contributed by atoms with Crippen LogP contribution in [0.2, 0.25) is 5.02 Å². The first-order valence-electron chi connectivity index (χ1n) is 9.67. The molecule has 1 saturated heterocycles. The zero-order valence-electron chi connectivity index (χ0n) is 16.2. The zero-order chi connectivity index (χ0) is 19.6. The standard InChI is InChI=1S/C20H30ClN3O3/c1-3-4-5-10-22-20(26)15-8-11-24(12-9-15)14-19(25)23-17-13-16(21)6-7-18(17)27-2/h6-7,13,15H,3-5,8-12,14H2,1-2H3,(H,22,26)(H,23,25). The van der Waals surface area contributed by atoms with Gasteiger partial charge < -0.3 is 15.4 Å². The minimum absolute atomic E-state index is 0.0546. The third-order valence-electron chi connectivity index (χ3n) is 4.84. The molecule has 1 aromatic rings. The van der Waals surface area contributed by atoms with Crippen molar-refractivity contribution in [1.82, 2.24) is 10.2 Å². The number of unbranched alkanes of at least 4 members (excludes halogenated alkanes) is 2. The molecule has 1 aromatic carbocycles. The lowest BCUT2D eigenvalue weighted by atomic mass is 9.96. The maximum atomic E-state index is 12.3. The number of anilines is 1. The average molecular weight is 396 g/mol. The van der Waals surface area contributed by atoms with E-state index in [0.29, 0.717) is 23.0 Å². The molecule has 2 rings (SSSR count). The number of carbonyl (C=O) groups excluding carboxylic acids is 2. The number of carbonyl (C=O) groups is 2. The van der Waals surface area contributed by atoms with Gasteiger partial charge >= 0.3 is 0 Å². The van der Waals surface area contributed by atoms with Crippen LogP contribution >= 0.6 is 11.6 Å². The number of hydrogen-bond acceptors (Lipinski definition) is 4. The largest absolute Gasteiger partial charge is 0.495 e. The number of amides is 2. The Balaban J connectivity index is 1.74. The number of ether oxygens (including phenoxy) is 1. The first-order chi connectivity index (χ1) is 13.0. The van der Waals surface area contributed by atoms with Crippen LogP contribution in [0.1, 0.15) is 39.0 Å². The van der Waals surface area contributed by atoms with E-state index in [2.05, 4.69) is 22.5 Å². The first kappa shape index (κ1) is 21.5. The number of halogens is 1. The smallest absolute Gasteiger partial charge is 0.238 e. The highest BCUT2D eigenvalue weighted by molar-refractivity contribution is 6.31. The fraction of sp³-hybridized carbons (Fsp3) is 0.600. The van der Waals surface area contributed by atoms with Crippen molar-refractivity contribution in [1.29, 1.82) is 0 Å². The Morgan fingerprint density at radius 3 is 2.67 bits per heavy atom. The van der Waals surface area contributed by atoms with Crippen molar-refractivity contribution in [3.63, 3.8) is 0 Å². The molecular weight excluding hydrogens is 366 g/mol. The van der Waals surface area contributed by atoms with Crippen molar-refractivity contribution in [2.24, 2.45) is 5.92 Å². The van der Waals surface area contributed by atoms with Gasteiger partial charge in [-0.25, -0.2) is 0 Å². The van der Waals surface area contributed by atoms with E-state index in [4.69, 9.17) is 16.3 Å². The molecule has 150 valence electrons. The Labute approximate surface area is 166 Å². The van der Waals surface area contributed by atoms with Crippen molar-refractivity contribution in [2.45, 2.75) is 39.0 Å². The number of benzene rings is 1. The maximum absolute atomic E-state index is 12.3. The highest BCUT2D eigenvalue weighted by atomic mass is 35.5. The Kier molecular flexibility index (Phi) is 8.88. The number of nitrogens with one attached hydrogen (secondary N) is 2. The van der Waals surface area contributed by atoms with Crippen LogP contribution in [-0.2, 0) is 9.59 Å². The van der Waals surface area contributed by atoms with Gasteiger partial charge in [0.25, 0.3) is 0 Å².